The van der Waals surface area contributed by atoms with Crippen LogP contribution >= 0.6 is 11.3 Å². The number of hydrogen-bond acceptors (Lipinski definition) is 4. The summed E-state index contributed by atoms with van der Waals surface area (Å²) in [6.45, 7) is 6.72. The van der Waals surface area contributed by atoms with Crippen molar-refractivity contribution in [2.24, 2.45) is 0 Å². The quantitative estimate of drug-likeness (QED) is 0.903. The Morgan fingerprint density at radius 1 is 1.21 bits per heavy atom. The second kappa shape index (κ2) is 7.88. The van der Waals surface area contributed by atoms with Crippen LogP contribution in [0.25, 0.3) is 0 Å². The number of aryl methyl sites for hydroxylation is 1. The summed E-state index contributed by atoms with van der Waals surface area (Å²) < 4.78 is 13.8. The van der Waals surface area contributed by atoms with Crippen LogP contribution in [0, 0.1) is 12.7 Å². The molecule has 1 fully saturated rings. The maximum Gasteiger partial charge on any atom is 0.238 e. The third kappa shape index (κ3) is 4.63. The minimum atomic E-state index is -0.385. The molecule has 2 aromatic rings. The lowest BCUT2D eigenvalue weighted by atomic mass is 10.2. The second-order valence-electron chi connectivity index (χ2n) is 6.16. The SMILES string of the molecule is Cc1ccc(NC(=O)CN2CCN(Cc3cccs3)CC2)c(F)c1. The first-order chi connectivity index (χ1) is 11.6. The minimum absolute atomic E-state index is 0.163. The van der Waals surface area contributed by atoms with Crippen LogP contribution in [0.1, 0.15) is 10.4 Å². The van der Waals surface area contributed by atoms with E-state index < -0.39 is 0 Å². The molecule has 4 nitrogen and oxygen atoms in total. The average Bonchev–Trinajstić information content (AvgIpc) is 3.05. The molecule has 1 aromatic heterocycles. The molecule has 24 heavy (non-hydrogen) atoms. The number of benzene rings is 1. The maximum atomic E-state index is 13.8. The van der Waals surface area contributed by atoms with Crippen molar-refractivity contribution in [3.8, 4) is 0 Å². The van der Waals surface area contributed by atoms with Crippen molar-refractivity contribution in [2.45, 2.75) is 13.5 Å². The fraction of sp³-hybridized carbons (Fsp3) is 0.389. The number of nitrogens with zero attached hydrogens (tertiary/aromatic N) is 2. The summed E-state index contributed by atoms with van der Waals surface area (Å²) in [5.41, 5.74) is 1.09. The molecule has 1 amide bonds. The Morgan fingerprint density at radius 2 is 1.96 bits per heavy atom. The Balaban J connectivity index is 1.44. The molecule has 0 bridgehead atoms. The maximum absolute atomic E-state index is 13.8. The minimum Gasteiger partial charge on any atom is -0.322 e. The molecule has 1 aliphatic heterocycles. The van der Waals surface area contributed by atoms with Crippen molar-refractivity contribution in [2.75, 3.05) is 38.0 Å². The molecular formula is C18H22FN3OS. The van der Waals surface area contributed by atoms with Gasteiger partial charge in [0.2, 0.25) is 5.91 Å². The molecule has 1 aliphatic rings. The third-order valence-electron chi connectivity index (χ3n) is 4.19. The van der Waals surface area contributed by atoms with E-state index in [9.17, 15) is 9.18 Å². The highest BCUT2D eigenvalue weighted by molar-refractivity contribution is 7.09. The highest BCUT2D eigenvalue weighted by Gasteiger charge is 2.19. The number of piperazine rings is 1. The molecule has 1 N–H and O–H groups in total. The Bertz CT molecular complexity index is 682. The molecule has 1 saturated heterocycles. The molecule has 0 radical (unpaired) electrons. The van der Waals surface area contributed by atoms with Gasteiger partial charge in [-0.1, -0.05) is 12.1 Å². The zero-order chi connectivity index (χ0) is 16.9. The largest absolute Gasteiger partial charge is 0.322 e. The van der Waals surface area contributed by atoms with E-state index in [1.54, 1.807) is 23.5 Å². The number of anilines is 1. The Kier molecular flexibility index (Phi) is 5.60. The van der Waals surface area contributed by atoms with Crippen LogP contribution < -0.4 is 5.32 Å². The van der Waals surface area contributed by atoms with E-state index in [2.05, 4.69) is 32.6 Å². The van der Waals surface area contributed by atoms with Crippen molar-refractivity contribution < 1.29 is 9.18 Å². The summed E-state index contributed by atoms with van der Waals surface area (Å²) in [6.07, 6.45) is 0. The van der Waals surface area contributed by atoms with Crippen molar-refractivity contribution in [3.63, 3.8) is 0 Å². The normalized spacial score (nSPS) is 16.2. The van der Waals surface area contributed by atoms with Crippen LogP contribution in [-0.2, 0) is 11.3 Å². The van der Waals surface area contributed by atoms with Crippen LogP contribution in [0.5, 0.6) is 0 Å². The highest BCUT2D eigenvalue weighted by atomic mass is 32.1. The molecular weight excluding hydrogens is 325 g/mol. The summed E-state index contributed by atoms with van der Waals surface area (Å²) in [7, 11) is 0. The topological polar surface area (TPSA) is 35.6 Å². The third-order valence-corrected chi connectivity index (χ3v) is 5.05. The number of carbonyl (C=O) groups is 1. The van der Waals surface area contributed by atoms with Gasteiger partial charge in [-0.05, 0) is 36.1 Å². The molecule has 0 atom stereocenters. The van der Waals surface area contributed by atoms with Crippen LogP contribution in [0.3, 0.4) is 0 Å². The van der Waals surface area contributed by atoms with E-state index in [1.165, 1.54) is 10.9 Å². The summed E-state index contributed by atoms with van der Waals surface area (Å²) >= 11 is 1.78. The number of halogens is 1. The molecule has 3 rings (SSSR count). The Labute approximate surface area is 145 Å². The molecule has 0 saturated carbocycles. The van der Waals surface area contributed by atoms with Gasteiger partial charge >= 0.3 is 0 Å². The fourth-order valence-electron chi connectivity index (χ4n) is 2.84. The number of carbonyl (C=O) groups excluding carboxylic acids is 1. The first-order valence-electron chi connectivity index (χ1n) is 8.13. The molecule has 128 valence electrons. The number of nitrogens with one attached hydrogen (secondary N) is 1. The van der Waals surface area contributed by atoms with Crippen molar-refractivity contribution in [1.29, 1.82) is 0 Å². The highest BCUT2D eigenvalue weighted by Crippen LogP contribution is 2.16. The first-order valence-corrected chi connectivity index (χ1v) is 9.01. The molecule has 6 heteroatoms. The molecule has 1 aromatic carbocycles. The monoisotopic (exact) mass is 347 g/mol. The summed E-state index contributed by atoms with van der Waals surface area (Å²) in [5, 5.41) is 4.76. The predicted molar refractivity (Wildman–Crippen MR) is 95.8 cm³/mol. The number of rotatable bonds is 5. The number of amides is 1. The zero-order valence-electron chi connectivity index (χ0n) is 13.8. The van der Waals surface area contributed by atoms with Gasteiger partial charge in [-0.25, -0.2) is 4.39 Å². The van der Waals surface area contributed by atoms with Gasteiger partial charge in [-0.15, -0.1) is 11.3 Å². The van der Waals surface area contributed by atoms with Gasteiger partial charge in [-0.3, -0.25) is 14.6 Å². The molecule has 0 spiro atoms. The van der Waals surface area contributed by atoms with Crippen molar-refractivity contribution in [1.82, 2.24) is 9.80 Å². The van der Waals surface area contributed by atoms with Gasteiger partial charge in [0.05, 0.1) is 12.2 Å². The number of thiophene rings is 1. The van der Waals surface area contributed by atoms with E-state index in [1.807, 2.05) is 6.92 Å². The second-order valence-corrected chi connectivity index (χ2v) is 7.20. The van der Waals surface area contributed by atoms with Crippen LogP contribution in [-0.4, -0.2) is 48.4 Å². The van der Waals surface area contributed by atoms with Gasteiger partial charge < -0.3 is 5.32 Å². The van der Waals surface area contributed by atoms with Gasteiger partial charge in [0.25, 0.3) is 0 Å². The van der Waals surface area contributed by atoms with Gasteiger partial charge in [-0.2, -0.15) is 0 Å². The Hall–Kier alpha value is -1.76. The molecule has 0 unspecified atom stereocenters. The smallest absolute Gasteiger partial charge is 0.238 e. The van der Waals surface area contributed by atoms with Gasteiger partial charge in [0, 0.05) is 37.6 Å². The summed E-state index contributed by atoms with van der Waals surface area (Å²) in [6, 6.07) is 9.06. The van der Waals surface area contributed by atoms with Crippen LogP contribution in [0.15, 0.2) is 35.7 Å². The van der Waals surface area contributed by atoms with E-state index >= 15 is 0 Å². The lowest BCUT2D eigenvalue weighted by Crippen LogP contribution is -2.48. The average molecular weight is 347 g/mol. The predicted octanol–water partition coefficient (Wildman–Crippen LogP) is 2.95. The van der Waals surface area contributed by atoms with E-state index in [0.29, 0.717) is 6.54 Å². The zero-order valence-corrected chi connectivity index (χ0v) is 14.6. The molecule has 2 heterocycles. The Morgan fingerprint density at radius 3 is 2.62 bits per heavy atom. The number of hydrogen-bond donors (Lipinski definition) is 1. The van der Waals surface area contributed by atoms with E-state index in [4.69, 9.17) is 0 Å². The lowest BCUT2D eigenvalue weighted by Gasteiger charge is -2.34. The van der Waals surface area contributed by atoms with Crippen LogP contribution in [0.4, 0.5) is 10.1 Å². The lowest BCUT2D eigenvalue weighted by molar-refractivity contribution is -0.117. The van der Waals surface area contributed by atoms with E-state index in [0.717, 1.165) is 38.3 Å². The molecule has 0 aliphatic carbocycles. The van der Waals surface area contributed by atoms with E-state index in [-0.39, 0.29) is 17.4 Å². The first kappa shape index (κ1) is 17.1. The van der Waals surface area contributed by atoms with Gasteiger partial charge in [0.1, 0.15) is 5.82 Å². The van der Waals surface area contributed by atoms with Crippen LogP contribution in [0.2, 0.25) is 0 Å². The standard InChI is InChI=1S/C18H22FN3OS/c1-14-4-5-17(16(19)11-14)20-18(23)13-22-8-6-21(7-9-22)12-15-3-2-10-24-15/h2-5,10-11H,6-9,12-13H2,1H3,(H,20,23). The van der Waals surface area contributed by atoms with Gasteiger partial charge in [0.15, 0.2) is 0 Å². The van der Waals surface area contributed by atoms with Crippen molar-refractivity contribution in [3.05, 3.63) is 52.0 Å². The fourth-order valence-corrected chi connectivity index (χ4v) is 3.59. The summed E-state index contributed by atoms with van der Waals surface area (Å²) in [4.78, 5) is 18.0. The summed E-state index contributed by atoms with van der Waals surface area (Å²) in [5.74, 6) is -0.548. The van der Waals surface area contributed by atoms with Crippen molar-refractivity contribution >= 4 is 22.9 Å².